The van der Waals surface area contributed by atoms with Gasteiger partial charge in [-0.2, -0.15) is 0 Å². The van der Waals surface area contributed by atoms with E-state index in [0.717, 1.165) is 51.7 Å². The molecule has 1 amide bonds. The number of hydrogen-bond acceptors (Lipinski definition) is 4. The molecule has 3 rings (SSSR count). The van der Waals surface area contributed by atoms with E-state index in [2.05, 4.69) is 5.32 Å². The number of sulfone groups is 1. The predicted octanol–water partition coefficient (Wildman–Crippen LogP) is 0.944. The van der Waals surface area contributed by atoms with E-state index in [0.29, 0.717) is 24.8 Å². The molecule has 2 saturated heterocycles. The number of hydrogen-bond donors (Lipinski definition) is 1. The molecule has 5 nitrogen and oxygen atoms in total. The minimum Gasteiger partial charge on any atom is -0.338 e. The molecule has 3 aliphatic rings. The van der Waals surface area contributed by atoms with E-state index in [1.165, 1.54) is 0 Å². The van der Waals surface area contributed by atoms with Crippen LogP contribution < -0.4 is 5.32 Å². The molecule has 21 heavy (non-hydrogen) atoms. The van der Waals surface area contributed by atoms with Crippen molar-refractivity contribution in [3.8, 4) is 0 Å². The summed E-state index contributed by atoms with van der Waals surface area (Å²) in [6.07, 6.45) is 6.46. The zero-order valence-electron chi connectivity index (χ0n) is 12.6. The Bertz CT molecular complexity index is 481. The highest BCUT2D eigenvalue weighted by atomic mass is 32.2. The quantitative estimate of drug-likeness (QED) is 0.839. The van der Waals surface area contributed by atoms with Crippen LogP contribution >= 0.6 is 0 Å². The third kappa shape index (κ3) is 3.59. The molecule has 3 fully saturated rings. The van der Waals surface area contributed by atoms with Crippen molar-refractivity contribution in [2.45, 2.75) is 56.2 Å². The molecule has 1 saturated carbocycles. The van der Waals surface area contributed by atoms with Crippen LogP contribution in [0.1, 0.15) is 44.9 Å². The highest BCUT2D eigenvalue weighted by Gasteiger charge is 2.42. The Labute approximate surface area is 127 Å². The zero-order valence-corrected chi connectivity index (χ0v) is 13.4. The van der Waals surface area contributed by atoms with Crippen molar-refractivity contribution in [1.29, 1.82) is 0 Å². The summed E-state index contributed by atoms with van der Waals surface area (Å²) < 4.78 is 24.4. The van der Waals surface area contributed by atoms with Crippen LogP contribution in [-0.2, 0) is 14.6 Å². The van der Waals surface area contributed by atoms with Crippen molar-refractivity contribution in [1.82, 2.24) is 10.2 Å². The molecule has 2 aliphatic heterocycles. The van der Waals surface area contributed by atoms with Gasteiger partial charge in [-0.3, -0.25) is 4.79 Å². The van der Waals surface area contributed by atoms with E-state index in [1.54, 1.807) is 0 Å². The summed E-state index contributed by atoms with van der Waals surface area (Å²) in [5.41, 5.74) is 0. The summed E-state index contributed by atoms with van der Waals surface area (Å²) in [7, 11) is -3.22. The van der Waals surface area contributed by atoms with E-state index in [-0.39, 0.29) is 11.7 Å². The maximum atomic E-state index is 12.8. The highest BCUT2D eigenvalue weighted by Crippen LogP contribution is 2.31. The van der Waals surface area contributed by atoms with Gasteiger partial charge < -0.3 is 10.2 Å². The molecule has 0 aromatic carbocycles. The first-order valence-electron chi connectivity index (χ1n) is 8.31. The van der Waals surface area contributed by atoms with Crippen LogP contribution in [-0.4, -0.2) is 55.9 Å². The van der Waals surface area contributed by atoms with Gasteiger partial charge in [-0.15, -0.1) is 0 Å². The molecule has 120 valence electrons. The fourth-order valence-electron chi connectivity index (χ4n) is 3.58. The van der Waals surface area contributed by atoms with Crippen LogP contribution in [0.15, 0.2) is 0 Å². The first-order valence-corrected chi connectivity index (χ1v) is 10.0. The van der Waals surface area contributed by atoms with Gasteiger partial charge in [-0.25, -0.2) is 8.42 Å². The Morgan fingerprint density at radius 2 is 1.90 bits per heavy atom. The number of rotatable bonds is 4. The van der Waals surface area contributed by atoms with Crippen molar-refractivity contribution in [2.24, 2.45) is 5.92 Å². The van der Waals surface area contributed by atoms with Crippen LogP contribution in [0, 0.1) is 5.92 Å². The summed E-state index contributed by atoms with van der Waals surface area (Å²) in [6.45, 7) is 2.75. The van der Waals surface area contributed by atoms with Crippen molar-refractivity contribution in [2.75, 3.05) is 25.4 Å². The van der Waals surface area contributed by atoms with Gasteiger partial charge in [-0.1, -0.05) is 6.42 Å². The average molecular weight is 314 g/mol. The van der Waals surface area contributed by atoms with E-state index in [1.807, 2.05) is 4.90 Å². The van der Waals surface area contributed by atoms with Crippen LogP contribution in [0.5, 0.6) is 0 Å². The topological polar surface area (TPSA) is 66.5 Å². The third-order valence-corrected chi connectivity index (χ3v) is 7.14. The smallest absolute Gasteiger partial charge is 0.241 e. The number of carbonyl (C=O) groups is 1. The third-order valence-electron chi connectivity index (χ3n) is 4.98. The van der Waals surface area contributed by atoms with Crippen LogP contribution in [0.25, 0.3) is 0 Å². The molecule has 6 heteroatoms. The van der Waals surface area contributed by atoms with E-state index in [9.17, 15) is 13.2 Å². The standard InChI is InChI=1S/C15H26N2O3S/c18-15(14-5-1-2-9-21(14,19)20)17(13-6-7-13)11-12-4-3-8-16-10-12/h12-14,16H,1-11H2. The molecule has 1 aliphatic carbocycles. The molecule has 0 aromatic heterocycles. The number of carbonyl (C=O) groups excluding carboxylic acids is 1. The maximum Gasteiger partial charge on any atom is 0.241 e. The highest BCUT2D eigenvalue weighted by molar-refractivity contribution is 7.92. The fraction of sp³-hybridized carbons (Fsp3) is 0.933. The molecule has 1 N–H and O–H groups in total. The average Bonchev–Trinajstić information content (AvgIpc) is 3.29. The van der Waals surface area contributed by atoms with Crippen LogP contribution in [0.4, 0.5) is 0 Å². The van der Waals surface area contributed by atoms with Gasteiger partial charge in [0.1, 0.15) is 5.25 Å². The summed E-state index contributed by atoms with van der Waals surface area (Å²) >= 11 is 0. The molecule has 0 radical (unpaired) electrons. The minimum absolute atomic E-state index is 0.109. The molecule has 0 bridgehead atoms. The fourth-order valence-corrected chi connectivity index (χ4v) is 5.44. The van der Waals surface area contributed by atoms with Crippen molar-refractivity contribution in [3.05, 3.63) is 0 Å². The number of amides is 1. The molecule has 0 spiro atoms. The van der Waals surface area contributed by atoms with Gasteiger partial charge in [0, 0.05) is 12.6 Å². The maximum absolute atomic E-state index is 12.8. The molecular weight excluding hydrogens is 288 g/mol. The number of nitrogens with zero attached hydrogens (tertiary/aromatic N) is 1. The van der Waals surface area contributed by atoms with Crippen molar-refractivity contribution >= 4 is 15.7 Å². The Balaban J connectivity index is 1.69. The summed E-state index contributed by atoms with van der Waals surface area (Å²) in [4.78, 5) is 14.7. The van der Waals surface area contributed by atoms with E-state index >= 15 is 0 Å². The lowest BCUT2D eigenvalue weighted by atomic mass is 9.98. The predicted molar refractivity (Wildman–Crippen MR) is 81.8 cm³/mol. The van der Waals surface area contributed by atoms with Gasteiger partial charge in [0.05, 0.1) is 5.75 Å². The number of nitrogens with one attached hydrogen (secondary N) is 1. The molecular formula is C15H26N2O3S. The summed E-state index contributed by atoms with van der Waals surface area (Å²) in [6, 6.07) is 0.302. The lowest BCUT2D eigenvalue weighted by Crippen LogP contribution is -2.49. The Morgan fingerprint density at radius 3 is 2.52 bits per heavy atom. The molecule has 0 aromatic rings. The first-order chi connectivity index (χ1) is 10.1. The van der Waals surface area contributed by atoms with Gasteiger partial charge >= 0.3 is 0 Å². The lowest BCUT2D eigenvalue weighted by molar-refractivity contribution is -0.132. The number of piperidine rings is 1. The second kappa shape index (κ2) is 6.24. The monoisotopic (exact) mass is 314 g/mol. The largest absolute Gasteiger partial charge is 0.338 e. The first kappa shape index (κ1) is 15.3. The SMILES string of the molecule is O=C(C1CCCCS1(=O)=O)N(CC1CCCNC1)C1CC1. The second-order valence-electron chi connectivity index (χ2n) is 6.79. The summed E-state index contributed by atoms with van der Waals surface area (Å²) in [5.74, 6) is 0.560. The van der Waals surface area contributed by atoms with Gasteiger partial charge in [0.25, 0.3) is 0 Å². The van der Waals surface area contributed by atoms with Gasteiger partial charge in [-0.05, 0) is 57.5 Å². The molecule has 2 heterocycles. The van der Waals surface area contributed by atoms with Gasteiger partial charge in [0.2, 0.25) is 5.91 Å². The van der Waals surface area contributed by atoms with Crippen molar-refractivity contribution in [3.63, 3.8) is 0 Å². The Kier molecular flexibility index (Phi) is 4.54. The zero-order chi connectivity index (χ0) is 14.9. The lowest BCUT2D eigenvalue weighted by Gasteiger charge is -2.33. The van der Waals surface area contributed by atoms with Gasteiger partial charge in [0.15, 0.2) is 9.84 Å². The minimum atomic E-state index is -3.22. The van der Waals surface area contributed by atoms with E-state index < -0.39 is 15.1 Å². The summed E-state index contributed by atoms with van der Waals surface area (Å²) in [5, 5.41) is 2.62. The molecule has 2 atom stereocenters. The molecule has 2 unspecified atom stereocenters. The normalized spacial score (nSPS) is 32.6. The van der Waals surface area contributed by atoms with Crippen LogP contribution in [0.2, 0.25) is 0 Å². The Morgan fingerprint density at radius 1 is 1.10 bits per heavy atom. The van der Waals surface area contributed by atoms with E-state index in [4.69, 9.17) is 0 Å². The Hall–Kier alpha value is -0.620. The van der Waals surface area contributed by atoms with Crippen molar-refractivity contribution < 1.29 is 13.2 Å². The second-order valence-corrected chi connectivity index (χ2v) is 9.09. The van der Waals surface area contributed by atoms with Crippen LogP contribution in [0.3, 0.4) is 0 Å².